The summed E-state index contributed by atoms with van der Waals surface area (Å²) >= 11 is 0. The van der Waals surface area contributed by atoms with Crippen LogP contribution in [0.3, 0.4) is 0 Å². The Morgan fingerprint density at radius 1 is 1.89 bits per heavy atom. The predicted molar refractivity (Wildman–Crippen MR) is 34.5 cm³/mol. The van der Waals surface area contributed by atoms with Crippen LogP contribution in [-0.2, 0) is 4.79 Å². The highest BCUT2D eigenvalue weighted by Gasteiger charge is 1.52. The summed E-state index contributed by atoms with van der Waals surface area (Å²) in [4.78, 5) is 12.3. The van der Waals surface area contributed by atoms with Gasteiger partial charge in [0.15, 0.2) is 0 Å². The van der Waals surface area contributed by atoms with E-state index in [0.29, 0.717) is 6.54 Å². The van der Waals surface area contributed by atoms with E-state index in [1.54, 1.807) is 13.0 Å². The van der Waals surface area contributed by atoms with Gasteiger partial charge in [0, 0.05) is 12.6 Å². The van der Waals surface area contributed by atoms with Gasteiger partial charge >= 0.3 is 0 Å². The standard InChI is InChI=1S/C3H5NO.C3H3N/c1-2-4-3-5;1-2-3-4/h2H2,1H3;2H,1H2. The Labute approximate surface area is 54.3 Å². The van der Waals surface area contributed by atoms with Crippen molar-refractivity contribution < 1.29 is 4.79 Å². The van der Waals surface area contributed by atoms with Crippen LogP contribution in [0.25, 0.3) is 0 Å². The molecule has 0 aliphatic rings. The molecular formula is C6H8N2O. The van der Waals surface area contributed by atoms with E-state index < -0.39 is 0 Å². The van der Waals surface area contributed by atoms with Crippen LogP contribution in [0.5, 0.6) is 0 Å². The fourth-order valence-electron chi connectivity index (χ4n) is 0.0645. The highest BCUT2D eigenvalue weighted by Crippen LogP contribution is 1.52. The van der Waals surface area contributed by atoms with Gasteiger partial charge in [0.05, 0.1) is 6.07 Å². The Balaban J connectivity index is 0. The first kappa shape index (κ1) is 10.6. The molecule has 0 amide bonds. The van der Waals surface area contributed by atoms with E-state index >= 15 is 0 Å². The Kier molecular flexibility index (Phi) is 18.7. The molecule has 0 aliphatic heterocycles. The third-order valence-electron chi connectivity index (χ3n) is 0.314. The van der Waals surface area contributed by atoms with Crippen LogP contribution < -0.4 is 0 Å². The zero-order chi connectivity index (χ0) is 7.54. The number of allylic oxidation sites excluding steroid dienone is 1. The molecular weight excluding hydrogens is 116 g/mol. The summed E-state index contributed by atoms with van der Waals surface area (Å²) in [7, 11) is 0. The van der Waals surface area contributed by atoms with Crippen molar-refractivity contribution in [3.05, 3.63) is 12.7 Å². The van der Waals surface area contributed by atoms with Crippen LogP contribution in [0.2, 0.25) is 0 Å². The average molecular weight is 124 g/mol. The van der Waals surface area contributed by atoms with Gasteiger partial charge in [-0.2, -0.15) is 5.26 Å². The molecule has 3 nitrogen and oxygen atoms in total. The minimum atomic E-state index is 0.545. The molecule has 0 fully saturated rings. The van der Waals surface area contributed by atoms with Crippen molar-refractivity contribution in [2.45, 2.75) is 6.92 Å². The summed E-state index contributed by atoms with van der Waals surface area (Å²) < 4.78 is 0. The minimum Gasteiger partial charge on any atom is -0.211 e. The topological polar surface area (TPSA) is 53.2 Å². The monoisotopic (exact) mass is 124 g/mol. The molecule has 0 aromatic carbocycles. The maximum Gasteiger partial charge on any atom is 0.234 e. The number of rotatable bonds is 1. The van der Waals surface area contributed by atoms with Gasteiger partial charge < -0.3 is 0 Å². The molecule has 0 saturated heterocycles. The Hall–Kier alpha value is -1.39. The van der Waals surface area contributed by atoms with Crippen LogP contribution in [-0.4, -0.2) is 12.6 Å². The first-order valence-electron chi connectivity index (χ1n) is 2.37. The maximum absolute atomic E-state index is 9.11. The van der Waals surface area contributed by atoms with Crippen molar-refractivity contribution in [3.8, 4) is 6.07 Å². The molecule has 0 unspecified atom stereocenters. The van der Waals surface area contributed by atoms with Crippen LogP contribution in [0.15, 0.2) is 17.6 Å². The van der Waals surface area contributed by atoms with Gasteiger partial charge in [-0.3, -0.25) is 0 Å². The molecule has 0 N–H and O–H groups in total. The highest BCUT2D eigenvalue weighted by molar-refractivity contribution is 5.32. The maximum atomic E-state index is 9.11. The van der Waals surface area contributed by atoms with E-state index in [0.717, 1.165) is 0 Å². The van der Waals surface area contributed by atoms with Gasteiger partial charge in [0.2, 0.25) is 6.08 Å². The van der Waals surface area contributed by atoms with Crippen molar-refractivity contribution in [3.63, 3.8) is 0 Å². The largest absolute Gasteiger partial charge is 0.234 e. The zero-order valence-corrected chi connectivity index (χ0v) is 5.29. The van der Waals surface area contributed by atoms with Crippen molar-refractivity contribution in [1.82, 2.24) is 0 Å². The highest BCUT2D eigenvalue weighted by atomic mass is 16.1. The lowest BCUT2D eigenvalue weighted by Crippen LogP contribution is -1.58. The summed E-state index contributed by atoms with van der Waals surface area (Å²) in [6.07, 6.45) is 2.57. The Bertz CT molecular complexity index is 140. The van der Waals surface area contributed by atoms with E-state index in [2.05, 4.69) is 11.6 Å². The molecule has 0 heterocycles. The van der Waals surface area contributed by atoms with E-state index in [1.807, 2.05) is 0 Å². The Morgan fingerprint density at radius 3 is 2.33 bits per heavy atom. The van der Waals surface area contributed by atoms with Crippen LogP contribution in [0, 0.1) is 11.3 Å². The lowest BCUT2D eigenvalue weighted by molar-refractivity contribution is 0.563. The van der Waals surface area contributed by atoms with E-state index in [4.69, 9.17) is 10.1 Å². The molecule has 0 aliphatic carbocycles. The zero-order valence-electron chi connectivity index (χ0n) is 5.29. The molecule has 0 rings (SSSR count). The van der Waals surface area contributed by atoms with E-state index in [1.165, 1.54) is 12.2 Å². The lowest BCUT2D eigenvalue weighted by atomic mass is 10.8. The number of nitriles is 1. The molecule has 0 aromatic heterocycles. The molecule has 3 heteroatoms. The molecule has 0 radical (unpaired) electrons. The number of hydrogen-bond donors (Lipinski definition) is 0. The van der Waals surface area contributed by atoms with Crippen LogP contribution >= 0.6 is 0 Å². The third-order valence-corrected chi connectivity index (χ3v) is 0.314. The second-order valence-electron chi connectivity index (χ2n) is 0.899. The summed E-state index contributed by atoms with van der Waals surface area (Å²) in [5.74, 6) is 0. The summed E-state index contributed by atoms with van der Waals surface area (Å²) in [5, 5.41) is 7.51. The number of aliphatic imine (C=N–C) groups is 1. The number of isocyanates is 1. The van der Waals surface area contributed by atoms with Gasteiger partial charge in [-0.15, -0.1) is 0 Å². The van der Waals surface area contributed by atoms with Crippen LogP contribution in [0.1, 0.15) is 6.92 Å². The molecule has 0 bridgehead atoms. The van der Waals surface area contributed by atoms with Crippen molar-refractivity contribution >= 4 is 6.08 Å². The number of hydrogen-bond acceptors (Lipinski definition) is 3. The molecule has 9 heavy (non-hydrogen) atoms. The van der Waals surface area contributed by atoms with Gasteiger partial charge in [-0.25, -0.2) is 9.79 Å². The number of carbonyl (C=O) groups excluding carboxylic acids is 1. The average Bonchev–Trinajstić information content (AvgIpc) is 1.91. The third kappa shape index (κ3) is 54.2. The normalized spacial score (nSPS) is 4.89. The molecule has 48 valence electrons. The summed E-state index contributed by atoms with van der Waals surface area (Å²) in [6, 6.07) is 1.69. The van der Waals surface area contributed by atoms with Gasteiger partial charge in [-0.1, -0.05) is 6.58 Å². The molecule has 0 aromatic rings. The fourth-order valence-corrected chi connectivity index (χ4v) is 0.0645. The van der Waals surface area contributed by atoms with Crippen molar-refractivity contribution in [1.29, 1.82) is 5.26 Å². The van der Waals surface area contributed by atoms with Crippen LogP contribution in [0.4, 0.5) is 0 Å². The summed E-state index contributed by atoms with van der Waals surface area (Å²) in [5.41, 5.74) is 0. The van der Waals surface area contributed by atoms with E-state index in [9.17, 15) is 0 Å². The lowest BCUT2D eigenvalue weighted by Gasteiger charge is -1.58. The number of nitrogens with zero attached hydrogens (tertiary/aromatic N) is 2. The second-order valence-corrected chi connectivity index (χ2v) is 0.899. The van der Waals surface area contributed by atoms with Crippen molar-refractivity contribution in [2.24, 2.45) is 4.99 Å². The molecule has 0 spiro atoms. The minimum absolute atomic E-state index is 0.545. The van der Waals surface area contributed by atoms with E-state index in [-0.39, 0.29) is 0 Å². The first-order chi connectivity index (χ1) is 4.33. The van der Waals surface area contributed by atoms with Gasteiger partial charge in [-0.05, 0) is 6.92 Å². The second kappa shape index (κ2) is 16.0. The molecule has 0 atom stereocenters. The smallest absolute Gasteiger partial charge is 0.211 e. The van der Waals surface area contributed by atoms with Gasteiger partial charge in [0.25, 0.3) is 0 Å². The SMILES string of the molecule is C=CC#N.CCN=C=O. The van der Waals surface area contributed by atoms with Gasteiger partial charge in [0.1, 0.15) is 0 Å². The molecule has 0 saturated carbocycles. The Morgan fingerprint density at radius 2 is 2.33 bits per heavy atom. The summed E-state index contributed by atoms with van der Waals surface area (Å²) in [6.45, 7) is 5.45. The first-order valence-corrected chi connectivity index (χ1v) is 2.37. The fraction of sp³-hybridized carbons (Fsp3) is 0.333. The predicted octanol–water partition coefficient (Wildman–Crippen LogP) is 1.04. The quantitative estimate of drug-likeness (QED) is 0.298. The van der Waals surface area contributed by atoms with Crippen molar-refractivity contribution in [2.75, 3.05) is 6.54 Å².